The van der Waals surface area contributed by atoms with Gasteiger partial charge in [0.2, 0.25) is 5.91 Å². The second kappa shape index (κ2) is 10.2. The summed E-state index contributed by atoms with van der Waals surface area (Å²) in [5, 5.41) is 6.00. The molecule has 0 aromatic carbocycles. The van der Waals surface area contributed by atoms with Gasteiger partial charge in [0.25, 0.3) is 0 Å². The van der Waals surface area contributed by atoms with E-state index in [1.54, 1.807) is 0 Å². The van der Waals surface area contributed by atoms with Crippen LogP contribution in [0.1, 0.15) is 19.8 Å². The first-order valence-electron chi connectivity index (χ1n) is 9.29. The van der Waals surface area contributed by atoms with Crippen molar-refractivity contribution >= 4 is 5.91 Å². The highest BCUT2D eigenvalue weighted by molar-refractivity contribution is 5.78. The number of hydrogen-bond acceptors (Lipinski definition) is 5. The first-order chi connectivity index (χ1) is 11.2. The van der Waals surface area contributed by atoms with Crippen LogP contribution in [0.25, 0.3) is 0 Å². The van der Waals surface area contributed by atoms with E-state index in [0.29, 0.717) is 13.1 Å². The molecule has 2 aliphatic heterocycles. The third kappa shape index (κ3) is 6.75. The number of carbonyl (C=O) groups excluding carboxylic acids is 1. The highest BCUT2D eigenvalue weighted by Gasteiger charge is 2.23. The lowest BCUT2D eigenvalue weighted by atomic mass is 9.96. The molecule has 1 amide bonds. The Morgan fingerprint density at radius 2 is 1.61 bits per heavy atom. The van der Waals surface area contributed by atoms with E-state index in [0.717, 1.165) is 38.6 Å². The summed E-state index contributed by atoms with van der Waals surface area (Å²) in [5.41, 5.74) is 0. The van der Waals surface area contributed by atoms with Crippen LogP contribution in [-0.4, -0.2) is 99.6 Å². The zero-order valence-corrected chi connectivity index (χ0v) is 15.0. The molecule has 134 valence electrons. The van der Waals surface area contributed by atoms with E-state index in [1.807, 2.05) is 7.05 Å². The van der Waals surface area contributed by atoms with E-state index < -0.39 is 0 Å². The molecule has 0 radical (unpaired) electrons. The molecule has 0 aromatic rings. The molecule has 0 aliphatic carbocycles. The average Bonchev–Trinajstić information content (AvgIpc) is 2.57. The van der Waals surface area contributed by atoms with Gasteiger partial charge in [-0.15, -0.1) is 0 Å². The molecular weight excluding hydrogens is 290 g/mol. The second-order valence-electron chi connectivity index (χ2n) is 6.91. The number of nitrogens with one attached hydrogen (secondary N) is 2. The number of likely N-dealkylation sites (N-methyl/N-ethyl adjacent to an activating group) is 1. The van der Waals surface area contributed by atoms with Crippen molar-refractivity contribution in [3.05, 3.63) is 0 Å². The van der Waals surface area contributed by atoms with E-state index in [-0.39, 0.29) is 5.91 Å². The summed E-state index contributed by atoms with van der Waals surface area (Å²) in [6.45, 7) is 13.6. The maximum Gasteiger partial charge on any atom is 0.234 e. The van der Waals surface area contributed by atoms with E-state index in [9.17, 15) is 4.79 Å². The number of hydrogen-bond donors (Lipinski definition) is 2. The van der Waals surface area contributed by atoms with Crippen LogP contribution < -0.4 is 10.6 Å². The highest BCUT2D eigenvalue weighted by atomic mass is 16.2. The third-order valence-electron chi connectivity index (χ3n) is 5.20. The predicted molar refractivity (Wildman–Crippen MR) is 94.7 cm³/mol. The first kappa shape index (κ1) is 18.6. The molecule has 23 heavy (non-hydrogen) atoms. The minimum absolute atomic E-state index is 0.153. The molecule has 0 bridgehead atoms. The summed E-state index contributed by atoms with van der Waals surface area (Å²) in [7, 11) is 1.90. The molecule has 6 nitrogen and oxygen atoms in total. The van der Waals surface area contributed by atoms with E-state index in [1.165, 1.54) is 39.0 Å². The smallest absolute Gasteiger partial charge is 0.234 e. The molecule has 6 heteroatoms. The molecule has 2 N–H and O–H groups in total. The van der Waals surface area contributed by atoms with Crippen molar-refractivity contribution in [2.45, 2.75) is 19.8 Å². The van der Waals surface area contributed by atoms with E-state index >= 15 is 0 Å². The molecule has 0 atom stereocenters. The standard InChI is InChI=1S/C17H35N5O/c1-3-20-8-4-16(5-9-20)14-21-10-12-22(13-11-21)15-17(23)19-7-6-18-2/h16,18H,3-15H2,1-2H3,(H,19,23). The molecule has 2 aliphatic rings. The number of rotatable bonds is 8. The summed E-state index contributed by atoms with van der Waals surface area (Å²) in [4.78, 5) is 19.3. The minimum atomic E-state index is 0.153. The Labute approximate surface area is 141 Å². The second-order valence-corrected chi connectivity index (χ2v) is 6.91. The minimum Gasteiger partial charge on any atom is -0.354 e. The van der Waals surface area contributed by atoms with E-state index in [4.69, 9.17) is 0 Å². The van der Waals surface area contributed by atoms with Crippen molar-refractivity contribution in [1.29, 1.82) is 0 Å². The normalized spacial score (nSPS) is 22.3. The molecular formula is C17H35N5O. The van der Waals surface area contributed by atoms with Gasteiger partial charge in [-0.05, 0) is 45.4 Å². The Kier molecular flexibility index (Phi) is 8.30. The maximum absolute atomic E-state index is 11.8. The van der Waals surface area contributed by atoms with Crippen molar-refractivity contribution in [2.75, 3.05) is 79.0 Å². The highest BCUT2D eigenvalue weighted by Crippen LogP contribution is 2.18. The van der Waals surface area contributed by atoms with Crippen molar-refractivity contribution in [2.24, 2.45) is 5.92 Å². The SMILES string of the molecule is CCN1CCC(CN2CCN(CC(=O)NCCNC)CC2)CC1. The van der Waals surface area contributed by atoms with Crippen molar-refractivity contribution in [3.63, 3.8) is 0 Å². The summed E-state index contributed by atoms with van der Waals surface area (Å²) in [5.74, 6) is 1.02. The number of likely N-dealkylation sites (tertiary alicyclic amines) is 1. The molecule has 0 unspecified atom stereocenters. The summed E-state index contributed by atoms with van der Waals surface area (Å²) < 4.78 is 0. The van der Waals surface area contributed by atoms with Gasteiger partial charge in [0.15, 0.2) is 0 Å². The Bertz CT molecular complexity index is 336. The molecule has 2 rings (SSSR count). The van der Waals surface area contributed by atoms with Gasteiger partial charge in [-0.2, -0.15) is 0 Å². The van der Waals surface area contributed by atoms with Crippen molar-refractivity contribution in [3.8, 4) is 0 Å². The zero-order valence-electron chi connectivity index (χ0n) is 15.0. The van der Waals surface area contributed by atoms with Crippen LogP contribution in [0, 0.1) is 5.92 Å². The fourth-order valence-corrected chi connectivity index (χ4v) is 3.57. The van der Waals surface area contributed by atoms with Crippen molar-refractivity contribution in [1.82, 2.24) is 25.3 Å². The van der Waals surface area contributed by atoms with Gasteiger partial charge in [-0.1, -0.05) is 6.92 Å². The lowest BCUT2D eigenvalue weighted by molar-refractivity contribution is -0.122. The average molecular weight is 326 g/mol. The van der Waals surface area contributed by atoms with E-state index in [2.05, 4.69) is 32.3 Å². The summed E-state index contributed by atoms with van der Waals surface area (Å²) in [6, 6.07) is 0. The van der Waals surface area contributed by atoms with Gasteiger partial charge >= 0.3 is 0 Å². The Morgan fingerprint density at radius 3 is 2.22 bits per heavy atom. The Hall–Kier alpha value is -0.690. The molecule has 0 aromatic heterocycles. The van der Waals surface area contributed by atoms with Crippen LogP contribution in [0.15, 0.2) is 0 Å². The van der Waals surface area contributed by atoms with Crippen LogP contribution >= 0.6 is 0 Å². The third-order valence-corrected chi connectivity index (χ3v) is 5.20. The Morgan fingerprint density at radius 1 is 0.957 bits per heavy atom. The van der Waals surface area contributed by atoms with Gasteiger partial charge in [0.1, 0.15) is 0 Å². The summed E-state index contributed by atoms with van der Waals surface area (Å²) >= 11 is 0. The van der Waals surface area contributed by atoms with Crippen molar-refractivity contribution < 1.29 is 4.79 Å². The van der Waals surface area contributed by atoms with Gasteiger partial charge < -0.3 is 20.4 Å². The van der Waals surface area contributed by atoms with Gasteiger partial charge in [0.05, 0.1) is 6.54 Å². The predicted octanol–water partition coefficient (Wildman–Crippen LogP) is -0.328. The molecule has 2 fully saturated rings. The molecule has 2 heterocycles. The number of nitrogens with zero attached hydrogens (tertiary/aromatic N) is 3. The molecule has 0 saturated carbocycles. The van der Waals surface area contributed by atoms with Gasteiger partial charge in [-0.25, -0.2) is 0 Å². The van der Waals surface area contributed by atoms with Gasteiger partial charge in [-0.3, -0.25) is 9.69 Å². The van der Waals surface area contributed by atoms with Crippen LogP contribution in [0.4, 0.5) is 0 Å². The number of amides is 1. The number of carbonyl (C=O) groups is 1. The first-order valence-corrected chi connectivity index (χ1v) is 9.29. The van der Waals surface area contributed by atoms with Crippen LogP contribution in [0.3, 0.4) is 0 Å². The number of piperazine rings is 1. The lowest BCUT2D eigenvalue weighted by Crippen LogP contribution is -2.51. The molecule has 0 spiro atoms. The largest absolute Gasteiger partial charge is 0.354 e. The zero-order chi connectivity index (χ0) is 16.5. The fraction of sp³-hybridized carbons (Fsp3) is 0.941. The Balaban J connectivity index is 1.58. The molecule has 2 saturated heterocycles. The topological polar surface area (TPSA) is 50.9 Å². The quantitative estimate of drug-likeness (QED) is 0.599. The number of piperidine rings is 1. The lowest BCUT2D eigenvalue weighted by Gasteiger charge is -2.38. The summed E-state index contributed by atoms with van der Waals surface area (Å²) in [6.07, 6.45) is 2.70. The van der Waals surface area contributed by atoms with Crippen LogP contribution in [-0.2, 0) is 4.79 Å². The maximum atomic E-state index is 11.8. The monoisotopic (exact) mass is 325 g/mol. The van der Waals surface area contributed by atoms with Gasteiger partial charge in [0, 0.05) is 45.8 Å². The van der Waals surface area contributed by atoms with Crippen LogP contribution in [0.2, 0.25) is 0 Å². The van der Waals surface area contributed by atoms with Crippen LogP contribution in [0.5, 0.6) is 0 Å². The fourth-order valence-electron chi connectivity index (χ4n) is 3.57.